The molecule has 0 aliphatic heterocycles. The lowest BCUT2D eigenvalue weighted by Crippen LogP contribution is -1.67. The van der Waals surface area contributed by atoms with Crippen LogP contribution >= 0.6 is 0 Å². The summed E-state index contributed by atoms with van der Waals surface area (Å²) >= 11 is 0.417. The molecule has 0 saturated heterocycles. The molecule has 0 amide bonds. The van der Waals surface area contributed by atoms with Crippen molar-refractivity contribution in [3.05, 3.63) is 70.6 Å². The number of hydrogen-bond donors (Lipinski definition) is 3. The number of aryl methyl sites for hydroxylation is 6. The van der Waals surface area contributed by atoms with Gasteiger partial charge in [-0.1, -0.05) is 0 Å². The molecule has 3 rings (SSSR count). The zero-order valence-corrected chi connectivity index (χ0v) is 18.1. The van der Waals surface area contributed by atoms with Gasteiger partial charge in [-0.05, 0) is 77.9 Å². The summed E-state index contributed by atoms with van der Waals surface area (Å²) in [6.45, 7) is 12.3. The van der Waals surface area contributed by atoms with E-state index in [1.807, 2.05) is 41.5 Å². The largest absolute Gasteiger partial charge is 0.363 e. The van der Waals surface area contributed by atoms with Crippen molar-refractivity contribution in [1.29, 1.82) is 0 Å². The maximum Gasteiger partial charge on any atom is 0.229 e. The predicted molar refractivity (Wildman–Crippen MR) is 110 cm³/mol. The number of aromatic amines is 3. The third-order valence-electron chi connectivity index (χ3n) is 2.93. The molecule has 0 saturated carbocycles. The number of rotatable bonds is 0. The van der Waals surface area contributed by atoms with Crippen LogP contribution < -0.4 is 0 Å². The predicted octanol–water partition coefficient (Wildman–Crippen LogP) is 5.41. The second-order valence-electron chi connectivity index (χ2n) is 6.18. The molecule has 4 heteroatoms. The van der Waals surface area contributed by atoms with Crippen LogP contribution in [0.4, 0.5) is 0 Å². The van der Waals surface area contributed by atoms with Gasteiger partial charge in [-0.25, -0.2) is 0 Å². The average Bonchev–Trinajstić information content (AvgIpc) is 3.17. The number of aromatic nitrogens is 3. The lowest BCUT2D eigenvalue weighted by molar-refractivity contribution is 1.19. The van der Waals surface area contributed by atoms with Gasteiger partial charge < -0.3 is 15.0 Å². The standard InChI is InChI=1S/3C6H9N.2CH3.Al.H/c3*1-5-3-4-6(2)7-5;;;;/h3*3-4,7H,1-2H3;2*1H3;;. The normalized spacial score (nSPS) is 8.83. The smallest absolute Gasteiger partial charge is 0.229 e. The first-order chi connectivity index (χ1) is 11.3. The van der Waals surface area contributed by atoms with Crippen LogP contribution in [0.3, 0.4) is 0 Å². The van der Waals surface area contributed by atoms with Crippen LogP contribution in [0.2, 0.25) is 11.6 Å². The molecule has 0 radical (unpaired) electrons. The van der Waals surface area contributed by atoms with E-state index in [4.69, 9.17) is 0 Å². The highest BCUT2D eigenvalue weighted by Crippen LogP contribution is 1.96. The maximum absolute atomic E-state index is 3.14. The first-order valence-corrected chi connectivity index (χ1v) is 11.5. The van der Waals surface area contributed by atoms with Crippen molar-refractivity contribution in [2.24, 2.45) is 0 Å². The SMILES string of the molecule is Cc1ccc(C)[nH]1.Cc1ccc(C)[nH]1.Cc1ccc(C)[nH]1.[CH3][AlH][CH3]. The molecule has 0 aliphatic carbocycles. The summed E-state index contributed by atoms with van der Waals surface area (Å²) in [7, 11) is 0. The Labute approximate surface area is 154 Å². The topological polar surface area (TPSA) is 47.4 Å². The van der Waals surface area contributed by atoms with Crippen LogP contribution in [-0.4, -0.2) is 30.2 Å². The van der Waals surface area contributed by atoms with Crippen LogP contribution in [-0.2, 0) is 0 Å². The van der Waals surface area contributed by atoms with Crippen molar-refractivity contribution in [2.45, 2.75) is 53.1 Å². The van der Waals surface area contributed by atoms with E-state index in [9.17, 15) is 0 Å². The van der Waals surface area contributed by atoms with Gasteiger partial charge >= 0.3 is 0 Å². The Morgan fingerprint density at radius 1 is 0.458 bits per heavy atom. The summed E-state index contributed by atoms with van der Waals surface area (Å²) in [4.78, 5) is 9.42. The molecule has 3 heterocycles. The fraction of sp³-hybridized carbons (Fsp3) is 0.400. The van der Waals surface area contributed by atoms with E-state index < -0.39 is 0 Å². The summed E-state index contributed by atoms with van der Waals surface area (Å²) in [5, 5.41) is 0. The van der Waals surface area contributed by atoms with E-state index in [2.05, 4.69) is 62.9 Å². The van der Waals surface area contributed by atoms with Crippen LogP contribution in [0.1, 0.15) is 34.2 Å². The Hall–Kier alpha value is -1.63. The molecule has 0 fully saturated rings. The monoisotopic (exact) mass is 343 g/mol. The minimum atomic E-state index is 0.417. The lowest BCUT2D eigenvalue weighted by Gasteiger charge is -1.77. The first-order valence-electron chi connectivity index (χ1n) is 8.65. The van der Waals surface area contributed by atoms with Gasteiger partial charge in [0.25, 0.3) is 0 Å². The molecule has 3 aromatic rings. The summed E-state index contributed by atoms with van der Waals surface area (Å²) in [6, 6.07) is 12.4. The van der Waals surface area contributed by atoms with E-state index >= 15 is 0 Å². The van der Waals surface area contributed by atoms with E-state index in [0.717, 1.165) is 0 Å². The third-order valence-corrected chi connectivity index (χ3v) is 2.93. The van der Waals surface area contributed by atoms with Gasteiger partial charge in [0.2, 0.25) is 15.2 Å². The number of H-pyrrole nitrogens is 3. The van der Waals surface area contributed by atoms with E-state index in [1.165, 1.54) is 34.2 Å². The average molecular weight is 343 g/mol. The Morgan fingerprint density at radius 2 is 0.583 bits per heavy atom. The Balaban J connectivity index is 0.000000306. The van der Waals surface area contributed by atoms with Crippen LogP contribution in [0, 0.1) is 41.5 Å². The molecule has 0 aromatic carbocycles. The molecule has 0 bridgehead atoms. The Kier molecular flexibility index (Phi) is 11.9. The highest BCUT2D eigenvalue weighted by atomic mass is 27.1. The fourth-order valence-corrected chi connectivity index (χ4v) is 1.93. The molecule has 0 unspecified atom stereocenters. The van der Waals surface area contributed by atoms with Gasteiger partial charge in [0.05, 0.1) is 0 Å². The second kappa shape index (κ2) is 12.8. The van der Waals surface area contributed by atoms with Crippen molar-refractivity contribution in [2.75, 3.05) is 0 Å². The summed E-state index contributed by atoms with van der Waals surface area (Å²) < 4.78 is 0. The van der Waals surface area contributed by atoms with Crippen LogP contribution in [0.15, 0.2) is 36.4 Å². The molecule has 3 aromatic heterocycles. The third kappa shape index (κ3) is 11.9. The summed E-state index contributed by atoms with van der Waals surface area (Å²) in [5.41, 5.74) is 7.40. The van der Waals surface area contributed by atoms with Gasteiger partial charge in [-0.2, -0.15) is 0 Å². The highest BCUT2D eigenvalue weighted by molar-refractivity contribution is 6.31. The molecular weight excluding hydrogens is 309 g/mol. The van der Waals surface area contributed by atoms with Gasteiger partial charge in [0.1, 0.15) is 0 Å². The molecule has 0 spiro atoms. The number of hydrogen-bond acceptors (Lipinski definition) is 0. The van der Waals surface area contributed by atoms with E-state index in [-0.39, 0.29) is 0 Å². The minimum Gasteiger partial charge on any atom is -0.363 e. The zero-order chi connectivity index (χ0) is 18.5. The summed E-state index contributed by atoms with van der Waals surface area (Å²) in [6.07, 6.45) is 0. The maximum atomic E-state index is 3.14. The van der Waals surface area contributed by atoms with Crippen LogP contribution in [0.25, 0.3) is 0 Å². The molecule has 0 aliphatic rings. The van der Waals surface area contributed by atoms with Gasteiger partial charge in [0, 0.05) is 34.2 Å². The van der Waals surface area contributed by atoms with Crippen molar-refractivity contribution in [1.82, 2.24) is 15.0 Å². The molecular formula is C20H34AlN3. The minimum absolute atomic E-state index is 0.417. The molecule has 24 heavy (non-hydrogen) atoms. The van der Waals surface area contributed by atoms with E-state index in [1.54, 1.807) is 0 Å². The highest BCUT2D eigenvalue weighted by Gasteiger charge is 1.83. The second-order valence-corrected chi connectivity index (χ2v) is 7.59. The first kappa shape index (κ1) is 22.4. The summed E-state index contributed by atoms with van der Waals surface area (Å²) in [5.74, 6) is 4.53. The number of nitrogens with one attached hydrogen (secondary N) is 3. The molecule has 132 valence electrons. The molecule has 3 nitrogen and oxygen atoms in total. The fourth-order valence-electron chi connectivity index (χ4n) is 1.93. The van der Waals surface area contributed by atoms with Crippen molar-refractivity contribution < 1.29 is 0 Å². The molecule has 0 atom stereocenters. The van der Waals surface area contributed by atoms with Gasteiger partial charge in [-0.15, -0.1) is 11.6 Å². The van der Waals surface area contributed by atoms with Crippen molar-refractivity contribution >= 4 is 15.2 Å². The van der Waals surface area contributed by atoms with E-state index in [0.29, 0.717) is 15.2 Å². The van der Waals surface area contributed by atoms with Crippen LogP contribution in [0.5, 0.6) is 0 Å². The van der Waals surface area contributed by atoms with Gasteiger partial charge in [-0.3, -0.25) is 0 Å². The Morgan fingerprint density at radius 3 is 0.625 bits per heavy atom. The Bertz CT molecular complexity index is 521. The lowest BCUT2D eigenvalue weighted by atomic mass is 10.5. The zero-order valence-electron chi connectivity index (χ0n) is 16.7. The van der Waals surface area contributed by atoms with Crippen molar-refractivity contribution in [3.63, 3.8) is 0 Å². The van der Waals surface area contributed by atoms with Gasteiger partial charge in [0.15, 0.2) is 0 Å². The quantitative estimate of drug-likeness (QED) is 0.457. The van der Waals surface area contributed by atoms with Crippen molar-refractivity contribution in [3.8, 4) is 0 Å². The molecule has 3 N–H and O–H groups in total.